The number of benzene rings is 2. The lowest BCUT2D eigenvalue weighted by molar-refractivity contribution is 0.0696. The van der Waals surface area contributed by atoms with Crippen LogP contribution in [-0.2, 0) is 0 Å². The number of carbonyl (C=O) groups is 3. The van der Waals surface area contributed by atoms with Gasteiger partial charge >= 0.3 is 12.0 Å². The number of aromatic nitrogens is 1. The van der Waals surface area contributed by atoms with Crippen molar-refractivity contribution in [3.8, 4) is 11.5 Å². The number of fused-ring (bicyclic) bond motifs is 1. The van der Waals surface area contributed by atoms with Gasteiger partial charge in [0.15, 0.2) is 11.6 Å². The third kappa shape index (κ3) is 5.47. The summed E-state index contributed by atoms with van der Waals surface area (Å²) in [5, 5.41) is 14.7. The number of carboxylic acid groups (broad SMARTS) is 1. The minimum absolute atomic E-state index is 0.00253. The van der Waals surface area contributed by atoms with Gasteiger partial charge < -0.3 is 30.9 Å². The lowest BCUT2D eigenvalue weighted by atomic mass is 10.2. The molecule has 0 saturated carbocycles. The Morgan fingerprint density at radius 2 is 1.89 bits per heavy atom. The minimum atomic E-state index is -1.16. The lowest BCUT2D eigenvalue weighted by Crippen LogP contribution is -2.41. The molecule has 11 nitrogen and oxygen atoms in total. The number of hydrogen-bond donors (Lipinski definition) is 4. The second kappa shape index (κ2) is 10.5. The van der Waals surface area contributed by atoms with Gasteiger partial charge in [0.05, 0.1) is 17.8 Å². The number of urea groups is 1. The molecule has 11 heteroatoms. The third-order valence-corrected chi connectivity index (χ3v) is 5.02. The maximum absolute atomic E-state index is 13.0. The summed E-state index contributed by atoms with van der Waals surface area (Å²) in [6, 6.07) is 15.6. The predicted octanol–water partition coefficient (Wildman–Crippen LogP) is 2.80. The van der Waals surface area contributed by atoms with E-state index in [1.54, 1.807) is 30.3 Å². The summed E-state index contributed by atoms with van der Waals surface area (Å²) in [4.78, 5) is 43.0. The van der Waals surface area contributed by atoms with E-state index in [0.717, 1.165) is 0 Å². The van der Waals surface area contributed by atoms with Gasteiger partial charge in [-0.3, -0.25) is 9.69 Å². The molecule has 1 aliphatic rings. The van der Waals surface area contributed by atoms with Gasteiger partial charge in [-0.05, 0) is 42.5 Å². The average Bonchev–Trinajstić information content (AvgIpc) is 2.87. The first-order valence-electron chi connectivity index (χ1n) is 10.7. The van der Waals surface area contributed by atoms with Crippen LogP contribution in [0.1, 0.15) is 20.8 Å². The second-order valence-corrected chi connectivity index (χ2v) is 7.42. The zero-order chi connectivity index (χ0) is 24.8. The van der Waals surface area contributed by atoms with Crippen molar-refractivity contribution < 1.29 is 29.0 Å². The quantitative estimate of drug-likeness (QED) is 0.405. The van der Waals surface area contributed by atoms with Crippen molar-refractivity contribution in [2.24, 2.45) is 5.73 Å². The molecule has 3 amide bonds. The Bertz CT molecular complexity index is 1250. The Hall–Kier alpha value is -4.64. The Balaban J connectivity index is 1.58. The number of anilines is 3. The van der Waals surface area contributed by atoms with Crippen LogP contribution in [0, 0.1) is 0 Å². The van der Waals surface area contributed by atoms with Crippen LogP contribution < -0.4 is 30.7 Å². The molecular formula is C24H23N5O6. The van der Waals surface area contributed by atoms with Crippen molar-refractivity contribution in [3.63, 3.8) is 0 Å². The van der Waals surface area contributed by atoms with E-state index in [0.29, 0.717) is 11.4 Å². The molecule has 0 atom stereocenters. The molecule has 35 heavy (non-hydrogen) atoms. The van der Waals surface area contributed by atoms with E-state index in [4.69, 9.17) is 15.2 Å². The molecule has 3 aromatic rings. The highest BCUT2D eigenvalue weighted by Gasteiger charge is 2.27. The van der Waals surface area contributed by atoms with Gasteiger partial charge in [-0.1, -0.05) is 18.2 Å². The maximum atomic E-state index is 13.0. The van der Waals surface area contributed by atoms with Crippen molar-refractivity contribution in [2.75, 3.05) is 41.8 Å². The molecule has 0 aliphatic carbocycles. The lowest BCUT2D eigenvalue weighted by Gasteiger charge is -2.28. The van der Waals surface area contributed by atoms with Crippen molar-refractivity contribution >= 4 is 35.1 Å². The fourth-order valence-corrected chi connectivity index (χ4v) is 3.37. The number of nitrogens with one attached hydrogen (secondary N) is 2. The number of rotatable bonds is 7. The highest BCUT2D eigenvalue weighted by Crippen LogP contribution is 2.31. The van der Waals surface area contributed by atoms with E-state index >= 15 is 0 Å². The number of carboxylic acids is 1. The van der Waals surface area contributed by atoms with Gasteiger partial charge in [0, 0.05) is 12.2 Å². The molecule has 1 aromatic heterocycles. The Morgan fingerprint density at radius 3 is 2.63 bits per heavy atom. The van der Waals surface area contributed by atoms with Gasteiger partial charge in [-0.2, -0.15) is 0 Å². The highest BCUT2D eigenvalue weighted by molar-refractivity contribution is 6.06. The molecule has 2 heterocycles. The molecule has 0 radical (unpaired) electrons. The van der Waals surface area contributed by atoms with Crippen molar-refractivity contribution in [3.05, 3.63) is 71.9 Å². The molecule has 0 bridgehead atoms. The molecule has 1 aliphatic heterocycles. The van der Waals surface area contributed by atoms with Gasteiger partial charge in [0.2, 0.25) is 0 Å². The maximum Gasteiger partial charge on any atom is 0.335 e. The fourth-order valence-electron chi connectivity index (χ4n) is 3.37. The average molecular weight is 477 g/mol. The summed E-state index contributed by atoms with van der Waals surface area (Å²) in [6.45, 7) is 0.921. The Morgan fingerprint density at radius 1 is 1.09 bits per heavy atom. The Kier molecular flexibility index (Phi) is 7.07. The smallest absolute Gasteiger partial charge is 0.335 e. The normalized spacial score (nSPS) is 12.2. The van der Waals surface area contributed by atoms with E-state index < -0.39 is 17.9 Å². The molecule has 0 spiro atoms. The molecule has 0 saturated heterocycles. The van der Waals surface area contributed by atoms with Crippen LogP contribution in [0.4, 0.5) is 22.0 Å². The van der Waals surface area contributed by atoms with Crippen LogP contribution in [0.5, 0.6) is 11.5 Å². The van der Waals surface area contributed by atoms with Gasteiger partial charge in [0.25, 0.3) is 5.91 Å². The van der Waals surface area contributed by atoms with Crippen molar-refractivity contribution in [1.82, 2.24) is 4.98 Å². The second-order valence-electron chi connectivity index (χ2n) is 7.42. The summed E-state index contributed by atoms with van der Waals surface area (Å²) in [5.41, 5.74) is 6.21. The fraction of sp³-hybridized carbons (Fsp3) is 0.167. The number of hydrogen-bond acceptors (Lipinski definition) is 7. The highest BCUT2D eigenvalue weighted by atomic mass is 16.5. The number of aromatic carboxylic acids is 1. The summed E-state index contributed by atoms with van der Waals surface area (Å²) in [5.74, 6) is -0.969. The number of carbonyl (C=O) groups excluding carboxylic acids is 2. The molecule has 0 unspecified atom stereocenters. The molecule has 180 valence electrons. The van der Waals surface area contributed by atoms with Crippen LogP contribution in [0.3, 0.4) is 0 Å². The standard InChI is InChI=1S/C24H23N5O6/c25-10-12-34-19-8-6-15(23(31)32)14-18(19)28-22(30)17-7-9-20-21(27-17)29(11-13-35-20)24(33)26-16-4-2-1-3-5-16/h1-9,14H,10-13,25H2,(H,26,33)(H,28,30)(H,31,32). The Labute approximate surface area is 200 Å². The van der Waals surface area contributed by atoms with Gasteiger partial charge in [-0.15, -0.1) is 0 Å². The number of nitrogens with two attached hydrogens (primary N) is 1. The van der Waals surface area contributed by atoms with Crippen molar-refractivity contribution in [1.29, 1.82) is 0 Å². The number of pyridine rings is 1. The van der Waals surface area contributed by atoms with E-state index in [1.807, 2.05) is 6.07 Å². The summed E-state index contributed by atoms with van der Waals surface area (Å²) >= 11 is 0. The zero-order valence-electron chi connectivity index (χ0n) is 18.6. The number of nitrogens with zero attached hydrogens (tertiary/aromatic N) is 2. The first kappa shape index (κ1) is 23.5. The summed E-state index contributed by atoms with van der Waals surface area (Å²) in [7, 11) is 0. The molecule has 2 aromatic carbocycles. The van der Waals surface area contributed by atoms with E-state index in [2.05, 4.69) is 15.6 Å². The topological polar surface area (TPSA) is 156 Å². The van der Waals surface area contributed by atoms with E-state index in [-0.39, 0.29) is 54.8 Å². The number of amides is 3. The largest absolute Gasteiger partial charge is 0.490 e. The first-order chi connectivity index (χ1) is 17.0. The SMILES string of the molecule is NCCOc1ccc(C(=O)O)cc1NC(=O)c1ccc2c(n1)N(C(=O)Nc1ccccc1)CCO2. The first-order valence-corrected chi connectivity index (χ1v) is 10.7. The van der Waals surface area contributed by atoms with Crippen LogP contribution in [-0.4, -0.2) is 54.3 Å². The number of para-hydroxylation sites is 1. The van der Waals surface area contributed by atoms with Crippen molar-refractivity contribution in [2.45, 2.75) is 0 Å². The number of ether oxygens (including phenoxy) is 2. The monoisotopic (exact) mass is 477 g/mol. The van der Waals surface area contributed by atoms with Gasteiger partial charge in [0.1, 0.15) is 24.7 Å². The van der Waals surface area contributed by atoms with E-state index in [9.17, 15) is 19.5 Å². The molecular weight excluding hydrogens is 454 g/mol. The van der Waals surface area contributed by atoms with Crippen LogP contribution in [0.15, 0.2) is 60.7 Å². The molecule has 5 N–H and O–H groups in total. The summed E-state index contributed by atoms with van der Waals surface area (Å²) in [6.07, 6.45) is 0. The molecule has 4 rings (SSSR count). The van der Waals surface area contributed by atoms with E-state index in [1.165, 1.54) is 29.2 Å². The summed E-state index contributed by atoms with van der Waals surface area (Å²) < 4.78 is 11.1. The minimum Gasteiger partial charge on any atom is -0.490 e. The third-order valence-electron chi connectivity index (χ3n) is 5.02. The molecule has 0 fully saturated rings. The zero-order valence-corrected chi connectivity index (χ0v) is 18.6. The van der Waals surface area contributed by atoms with Gasteiger partial charge in [-0.25, -0.2) is 14.6 Å². The predicted molar refractivity (Wildman–Crippen MR) is 128 cm³/mol. The van der Waals surface area contributed by atoms with Crippen LogP contribution in [0.25, 0.3) is 0 Å². The van der Waals surface area contributed by atoms with Crippen LogP contribution >= 0.6 is 0 Å². The van der Waals surface area contributed by atoms with Crippen LogP contribution in [0.2, 0.25) is 0 Å².